The molecule has 2 nitrogen and oxygen atoms in total. The molecule has 2 N–H and O–H groups in total. The highest BCUT2D eigenvalue weighted by atomic mass is 16.5. The van der Waals surface area contributed by atoms with Gasteiger partial charge in [-0.3, -0.25) is 0 Å². The Labute approximate surface area is 97.8 Å². The molecule has 1 aromatic rings. The van der Waals surface area contributed by atoms with Crippen molar-refractivity contribution >= 4 is 0 Å². The normalized spacial score (nSPS) is 17.9. The highest BCUT2D eigenvalue weighted by Crippen LogP contribution is 2.49. The van der Waals surface area contributed by atoms with Crippen LogP contribution in [0, 0.1) is 6.92 Å². The molecule has 0 bridgehead atoms. The van der Waals surface area contributed by atoms with Crippen LogP contribution >= 0.6 is 0 Å². The molecule has 0 atom stereocenters. The maximum absolute atomic E-state index is 5.74. The van der Waals surface area contributed by atoms with Crippen LogP contribution in [0.4, 0.5) is 0 Å². The van der Waals surface area contributed by atoms with Gasteiger partial charge in [-0.2, -0.15) is 0 Å². The number of nitrogens with two attached hydrogens (primary N) is 1. The summed E-state index contributed by atoms with van der Waals surface area (Å²) in [5, 5.41) is 0. The Kier molecular flexibility index (Phi) is 3.20. The Balaban J connectivity index is 2.37. The molecule has 1 fully saturated rings. The zero-order chi connectivity index (χ0) is 11.6. The van der Waals surface area contributed by atoms with E-state index >= 15 is 0 Å². The van der Waals surface area contributed by atoms with Gasteiger partial charge >= 0.3 is 0 Å². The third kappa shape index (κ3) is 1.82. The first kappa shape index (κ1) is 11.5. The van der Waals surface area contributed by atoms with Crippen LogP contribution in [-0.4, -0.2) is 13.7 Å². The second-order valence-electron chi connectivity index (χ2n) is 4.88. The molecule has 1 saturated carbocycles. The Morgan fingerprint density at radius 1 is 1.38 bits per heavy atom. The van der Waals surface area contributed by atoms with Crippen LogP contribution in [0.3, 0.4) is 0 Å². The molecular formula is C14H21NO. The van der Waals surface area contributed by atoms with Gasteiger partial charge in [0.25, 0.3) is 0 Å². The number of hydrogen-bond donors (Lipinski definition) is 1. The average Bonchev–Trinajstić information content (AvgIpc) is 2.24. The molecule has 0 heterocycles. The van der Waals surface area contributed by atoms with Crippen LogP contribution < -0.4 is 10.5 Å². The van der Waals surface area contributed by atoms with E-state index in [2.05, 4.69) is 25.1 Å². The standard InChI is InChI=1S/C14H21NO/c1-11-4-5-12(13(10-11)16-2)14(8-9-15)6-3-7-14/h4-5,10H,3,6-9,15H2,1-2H3. The van der Waals surface area contributed by atoms with Crippen molar-refractivity contribution in [1.82, 2.24) is 0 Å². The van der Waals surface area contributed by atoms with Crippen LogP contribution in [0.25, 0.3) is 0 Å². The molecule has 1 aromatic carbocycles. The first-order chi connectivity index (χ1) is 7.72. The topological polar surface area (TPSA) is 35.2 Å². The van der Waals surface area contributed by atoms with Crippen LogP contribution in [0.15, 0.2) is 18.2 Å². The van der Waals surface area contributed by atoms with Gasteiger partial charge in [0, 0.05) is 11.0 Å². The molecule has 2 heteroatoms. The molecule has 1 aliphatic carbocycles. The summed E-state index contributed by atoms with van der Waals surface area (Å²) in [4.78, 5) is 0. The predicted octanol–water partition coefficient (Wildman–Crippen LogP) is 2.77. The number of ether oxygens (including phenoxy) is 1. The minimum absolute atomic E-state index is 0.299. The smallest absolute Gasteiger partial charge is 0.122 e. The van der Waals surface area contributed by atoms with Gasteiger partial charge in [0.1, 0.15) is 5.75 Å². The molecule has 0 saturated heterocycles. The highest BCUT2D eigenvalue weighted by Gasteiger charge is 2.39. The lowest BCUT2D eigenvalue weighted by molar-refractivity contribution is 0.221. The van der Waals surface area contributed by atoms with Crippen molar-refractivity contribution in [3.05, 3.63) is 29.3 Å². The van der Waals surface area contributed by atoms with E-state index in [1.54, 1.807) is 7.11 Å². The summed E-state index contributed by atoms with van der Waals surface area (Å²) in [5.74, 6) is 1.04. The van der Waals surface area contributed by atoms with E-state index in [1.807, 2.05) is 0 Å². The van der Waals surface area contributed by atoms with Gasteiger partial charge in [0.2, 0.25) is 0 Å². The SMILES string of the molecule is COc1cc(C)ccc1C1(CCN)CCC1. The molecule has 2 rings (SSSR count). The second kappa shape index (κ2) is 4.46. The molecule has 0 spiro atoms. The van der Waals surface area contributed by atoms with Crippen LogP contribution in [0.2, 0.25) is 0 Å². The van der Waals surface area contributed by atoms with E-state index in [4.69, 9.17) is 10.5 Å². The predicted molar refractivity (Wildman–Crippen MR) is 66.9 cm³/mol. The molecule has 1 aliphatic rings. The fraction of sp³-hybridized carbons (Fsp3) is 0.571. The Morgan fingerprint density at radius 3 is 2.62 bits per heavy atom. The van der Waals surface area contributed by atoms with Gasteiger partial charge in [-0.15, -0.1) is 0 Å². The van der Waals surface area contributed by atoms with E-state index < -0.39 is 0 Å². The first-order valence-electron chi connectivity index (χ1n) is 6.07. The maximum Gasteiger partial charge on any atom is 0.122 e. The van der Waals surface area contributed by atoms with E-state index in [-0.39, 0.29) is 0 Å². The Hall–Kier alpha value is -1.02. The number of benzene rings is 1. The molecule has 0 unspecified atom stereocenters. The minimum atomic E-state index is 0.299. The average molecular weight is 219 g/mol. The van der Waals surface area contributed by atoms with E-state index in [0.29, 0.717) is 5.41 Å². The molecule has 0 radical (unpaired) electrons. The molecule has 0 amide bonds. The van der Waals surface area contributed by atoms with Crippen LogP contribution in [0.5, 0.6) is 5.75 Å². The zero-order valence-corrected chi connectivity index (χ0v) is 10.3. The quantitative estimate of drug-likeness (QED) is 0.845. The van der Waals surface area contributed by atoms with Crippen molar-refractivity contribution in [3.63, 3.8) is 0 Å². The van der Waals surface area contributed by atoms with Gasteiger partial charge in [-0.25, -0.2) is 0 Å². The maximum atomic E-state index is 5.74. The van der Waals surface area contributed by atoms with E-state index in [1.165, 1.54) is 30.4 Å². The minimum Gasteiger partial charge on any atom is -0.496 e. The summed E-state index contributed by atoms with van der Waals surface area (Å²) in [7, 11) is 1.76. The van der Waals surface area contributed by atoms with Crippen molar-refractivity contribution in [1.29, 1.82) is 0 Å². The van der Waals surface area contributed by atoms with Crippen molar-refractivity contribution in [3.8, 4) is 5.75 Å². The largest absolute Gasteiger partial charge is 0.496 e. The molecular weight excluding hydrogens is 198 g/mol. The monoisotopic (exact) mass is 219 g/mol. The molecule has 16 heavy (non-hydrogen) atoms. The molecule has 88 valence electrons. The zero-order valence-electron chi connectivity index (χ0n) is 10.3. The number of methoxy groups -OCH3 is 1. The first-order valence-corrected chi connectivity index (χ1v) is 6.07. The number of aryl methyl sites for hydroxylation is 1. The van der Waals surface area contributed by atoms with Crippen molar-refractivity contribution < 1.29 is 4.74 Å². The lowest BCUT2D eigenvalue weighted by atomic mass is 9.62. The van der Waals surface area contributed by atoms with Crippen molar-refractivity contribution in [2.24, 2.45) is 5.73 Å². The van der Waals surface area contributed by atoms with Crippen molar-refractivity contribution in [2.75, 3.05) is 13.7 Å². The van der Waals surface area contributed by atoms with Crippen LogP contribution in [-0.2, 0) is 5.41 Å². The van der Waals surface area contributed by atoms with Gasteiger partial charge in [-0.1, -0.05) is 18.6 Å². The van der Waals surface area contributed by atoms with Gasteiger partial charge in [-0.05, 0) is 44.4 Å². The fourth-order valence-corrected chi connectivity index (χ4v) is 2.77. The van der Waals surface area contributed by atoms with Crippen LogP contribution in [0.1, 0.15) is 36.8 Å². The second-order valence-corrected chi connectivity index (χ2v) is 4.88. The molecule has 0 aliphatic heterocycles. The molecule has 0 aromatic heterocycles. The summed E-state index contributed by atoms with van der Waals surface area (Å²) in [6.45, 7) is 2.86. The van der Waals surface area contributed by atoms with Gasteiger partial charge in [0.15, 0.2) is 0 Å². The summed E-state index contributed by atoms with van der Waals surface area (Å²) in [6.07, 6.45) is 4.90. The Morgan fingerprint density at radius 2 is 2.12 bits per heavy atom. The lowest BCUT2D eigenvalue weighted by Gasteiger charge is -2.43. The summed E-state index contributed by atoms with van der Waals surface area (Å²) in [5.41, 5.74) is 8.65. The van der Waals surface area contributed by atoms with E-state index in [0.717, 1.165) is 18.7 Å². The van der Waals surface area contributed by atoms with Gasteiger partial charge < -0.3 is 10.5 Å². The third-order valence-corrected chi connectivity index (χ3v) is 3.86. The van der Waals surface area contributed by atoms with Crippen molar-refractivity contribution in [2.45, 2.75) is 38.0 Å². The highest BCUT2D eigenvalue weighted by molar-refractivity contribution is 5.43. The summed E-state index contributed by atoms with van der Waals surface area (Å²) < 4.78 is 5.51. The number of hydrogen-bond acceptors (Lipinski definition) is 2. The number of rotatable bonds is 4. The van der Waals surface area contributed by atoms with E-state index in [9.17, 15) is 0 Å². The summed E-state index contributed by atoms with van der Waals surface area (Å²) >= 11 is 0. The third-order valence-electron chi connectivity index (χ3n) is 3.86. The lowest BCUT2D eigenvalue weighted by Crippen LogP contribution is -2.36. The van der Waals surface area contributed by atoms with Gasteiger partial charge in [0.05, 0.1) is 7.11 Å². The Bertz CT molecular complexity index is 369. The fourth-order valence-electron chi connectivity index (χ4n) is 2.77. The summed E-state index contributed by atoms with van der Waals surface area (Å²) in [6, 6.07) is 6.53.